The minimum atomic E-state index is -0.0496. The molecule has 1 aromatic heterocycles. The molecule has 5 nitrogen and oxygen atoms in total. The quantitative estimate of drug-likeness (QED) is 0.735. The second-order valence-corrected chi connectivity index (χ2v) is 5.18. The van der Waals surface area contributed by atoms with Crippen LogP contribution in [0.2, 0.25) is 0 Å². The van der Waals surface area contributed by atoms with Crippen molar-refractivity contribution in [1.82, 2.24) is 10.3 Å². The number of amides is 1. The molecular weight excluding hydrogens is 248 g/mol. The highest BCUT2D eigenvalue weighted by Crippen LogP contribution is 2.29. The molecule has 2 rings (SSSR count). The van der Waals surface area contributed by atoms with Crippen LogP contribution in [0.4, 0.5) is 11.4 Å². The Kier molecular flexibility index (Phi) is 3.66. The van der Waals surface area contributed by atoms with Crippen LogP contribution in [-0.2, 0) is 4.79 Å². The number of benzene rings is 1. The van der Waals surface area contributed by atoms with Crippen LogP contribution in [0.15, 0.2) is 12.1 Å². The average molecular weight is 264 g/mol. The minimum Gasteiger partial charge on any atom is -0.397 e. The molecular formula is C12H16N4OS. The van der Waals surface area contributed by atoms with Crippen LogP contribution in [-0.4, -0.2) is 24.0 Å². The first-order chi connectivity index (χ1) is 8.60. The molecule has 0 unspecified atom stereocenters. The standard InChI is InChI=1S/C12H16N4OS/c1-3-14-12(17)6-15-9-5-10-11(4-8(9)13)18-7(2)16-10/h4-5,15H,3,6,13H2,1-2H3,(H,14,17). The predicted molar refractivity (Wildman–Crippen MR) is 75.9 cm³/mol. The zero-order chi connectivity index (χ0) is 13.1. The number of hydrogen-bond acceptors (Lipinski definition) is 5. The van der Waals surface area contributed by atoms with Gasteiger partial charge in [-0.05, 0) is 26.0 Å². The van der Waals surface area contributed by atoms with E-state index in [-0.39, 0.29) is 12.5 Å². The summed E-state index contributed by atoms with van der Waals surface area (Å²) in [5.74, 6) is -0.0496. The molecule has 6 heteroatoms. The molecule has 0 spiro atoms. The molecule has 1 heterocycles. The van der Waals surface area contributed by atoms with E-state index in [2.05, 4.69) is 15.6 Å². The molecule has 0 saturated heterocycles. The van der Waals surface area contributed by atoms with Crippen LogP contribution < -0.4 is 16.4 Å². The number of nitrogens with one attached hydrogen (secondary N) is 2. The van der Waals surface area contributed by atoms with Crippen LogP contribution in [0, 0.1) is 6.92 Å². The van der Waals surface area contributed by atoms with Crippen molar-refractivity contribution in [3.63, 3.8) is 0 Å². The van der Waals surface area contributed by atoms with E-state index >= 15 is 0 Å². The number of carbonyl (C=O) groups excluding carboxylic acids is 1. The Morgan fingerprint density at radius 3 is 3.00 bits per heavy atom. The molecule has 0 atom stereocenters. The fourth-order valence-corrected chi connectivity index (χ4v) is 2.55. The van der Waals surface area contributed by atoms with Gasteiger partial charge < -0.3 is 16.4 Å². The fourth-order valence-electron chi connectivity index (χ4n) is 1.69. The summed E-state index contributed by atoms with van der Waals surface area (Å²) in [5.41, 5.74) is 8.23. The number of aryl methyl sites for hydroxylation is 1. The number of thiazole rings is 1. The van der Waals surface area contributed by atoms with Crippen molar-refractivity contribution in [3.05, 3.63) is 17.1 Å². The molecule has 0 fully saturated rings. The highest BCUT2D eigenvalue weighted by atomic mass is 32.1. The first-order valence-corrected chi connectivity index (χ1v) is 6.59. The number of nitrogens with zero attached hydrogens (tertiary/aromatic N) is 1. The Bertz CT molecular complexity index is 579. The molecule has 4 N–H and O–H groups in total. The van der Waals surface area contributed by atoms with Crippen molar-refractivity contribution in [1.29, 1.82) is 0 Å². The smallest absolute Gasteiger partial charge is 0.239 e. The van der Waals surface area contributed by atoms with E-state index in [4.69, 9.17) is 5.73 Å². The molecule has 18 heavy (non-hydrogen) atoms. The molecule has 96 valence electrons. The molecule has 0 saturated carbocycles. The van der Waals surface area contributed by atoms with Gasteiger partial charge in [0.05, 0.1) is 33.1 Å². The second-order valence-electron chi connectivity index (χ2n) is 3.95. The molecule has 2 aromatic rings. The van der Waals surface area contributed by atoms with E-state index < -0.39 is 0 Å². The summed E-state index contributed by atoms with van der Waals surface area (Å²) in [6.07, 6.45) is 0. The van der Waals surface area contributed by atoms with E-state index in [0.29, 0.717) is 12.2 Å². The molecule has 0 radical (unpaired) electrons. The second kappa shape index (κ2) is 5.22. The van der Waals surface area contributed by atoms with Crippen LogP contribution in [0.1, 0.15) is 11.9 Å². The zero-order valence-corrected chi connectivity index (χ0v) is 11.2. The van der Waals surface area contributed by atoms with Crippen molar-refractivity contribution in [2.24, 2.45) is 0 Å². The van der Waals surface area contributed by atoms with Gasteiger partial charge in [-0.2, -0.15) is 0 Å². The van der Waals surface area contributed by atoms with E-state index in [0.717, 1.165) is 20.9 Å². The first-order valence-electron chi connectivity index (χ1n) is 5.77. The lowest BCUT2D eigenvalue weighted by Gasteiger charge is -2.09. The van der Waals surface area contributed by atoms with Crippen LogP contribution in [0.25, 0.3) is 10.2 Å². The molecule has 0 aliphatic heterocycles. The van der Waals surface area contributed by atoms with Crippen molar-refractivity contribution in [3.8, 4) is 0 Å². The molecule has 0 aliphatic rings. The third-order valence-corrected chi connectivity index (χ3v) is 3.41. The maximum absolute atomic E-state index is 11.4. The molecule has 1 amide bonds. The van der Waals surface area contributed by atoms with E-state index in [1.807, 2.05) is 26.0 Å². The Balaban J connectivity index is 2.17. The fraction of sp³-hybridized carbons (Fsp3) is 0.333. The third-order valence-electron chi connectivity index (χ3n) is 2.48. The number of anilines is 2. The molecule has 1 aromatic carbocycles. The Hall–Kier alpha value is -1.82. The van der Waals surface area contributed by atoms with Gasteiger partial charge in [-0.25, -0.2) is 4.98 Å². The summed E-state index contributed by atoms with van der Waals surface area (Å²) in [6.45, 7) is 4.69. The lowest BCUT2D eigenvalue weighted by molar-refractivity contribution is -0.119. The Morgan fingerprint density at radius 2 is 2.28 bits per heavy atom. The Morgan fingerprint density at radius 1 is 1.50 bits per heavy atom. The number of aromatic nitrogens is 1. The normalized spacial score (nSPS) is 10.6. The van der Waals surface area contributed by atoms with Crippen LogP contribution >= 0.6 is 11.3 Å². The number of fused-ring (bicyclic) bond motifs is 1. The van der Waals surface area contributed by atoms with Crippen molar-refractivity contribution >= 4 is 38.8 Å². The van der Waals surface area contributed by atoms with Gasteiger partial charge in [0.2, 0.25) is 5.91 Å². The number of nitrogens with two attached hydrogens (primary N) is 1. The number of carbonyl (C=O) groups is 1. The third kappa shape index (κ3) is 2.70. The monoisotopic (exact) mass is 264 g/mol. The van der Waals surface area contributed by atoms with Gasteiger partial charge in [-0.3, -0.25) is 4.79 Å². The van der Waals surface area contributed by atoms with E-state index in [9.17, 15) is 4.79 Å². The number of hydrogen-bond donors (Lipinski definition) is 3. The van der Waals surface area contributed by atoms with Crippen LogP contribution in [0.3, 0.4) is 0 Å². The number of nitrogen functional groups attached to an aromatic ring is 1. The summed E-state index contributed by atoms with van der Waals surface area (Å²) < 4.78 is 1.06. The van der Waals surface area contributed by atoms with E-state index in [1.54, 1.807) is 11.3 Å². The summed E-state index contributed by atoms with van der Waals surface area (Å²) in [5, 5.41) is 6.75. The first kappa shape index (κ1) is 12.6. The summed E-state index contributed by atoms with van der Waals surface area (Å²) in [4.78, 5) is 15.8. The zero-order valence-electron chi connectivity index (χ0n) is 10.4. The van der Waals surface area contributed by atoms with Gasteiger partial charge in [-0.1, -0.05) is 0 Å². The van der Waals surface area contributed by atoms with Crippen LogP contribution in [0.5, 0.6) is 0 Å². The number of rotatable bonds is 4. The lowest BCUT2D eigenvalue weighted by Crippen LogP contribution is -2.29. The van der Waals surface area contributed by atoms with Gasteiger partial charge in [0.25, 0.3) is 0 Å². The molecule has 0 bridgehead atoms. The van der Waals surface area contributed by atoms with Crippen molar-refractivity contribution < 1.29 is 4.79 Å². The van der Waals surface area contributed by atoms with Gasteiger partial charge >= 0.3 is 0 Å². The molecule has 0 aliphatic carbocycles. The summed E-state index contributed by atoms with van der Waals surface area (Å²) in [6, 6.07) is 3.77. The van der Waals surface area contributed by atoms with Gasteiger partial charge in [0.15, 0.2) is 0 Å². The highest BCUT2D eigenvalue weighted by Gasteiger charge is 2.07. The SMILES string of the molecule is CCNC(=O)CNc1cc2nc(C)sc2cc1N. The summed E-state index contributed by atoms with van der Waals surface area (Å²) >= 11 is 1.61. The summed E-state index contributed by atoms with van der Waals surface area (Å²) in [7, 11) is 0. The van der Waals surface area contributed by atoms with Crippen molar-refractivity contribution in [2.45, 2.75) is 13.8 Å². The minimum absolute atomic E-state index is 0.0496. The van der Waals surface area contributed by atoms with Gasteiger partial charge in [0, 0.05) is 6.54 Å². The van der Waals surface area contributed by atoms with Gasteiger partial charge in [-0.15, -0.1) is 11.3 Å². The largest absolute Gasteiger partial charge is 0.397 e. The van der Waals surface area contributed by atoms with E-state index in [1.165, 1.54) is 0 Å². The number of likely N-dealkylation sites (N-methyl/N-ethyl adjacent to an activating group) is 1. The average Bonchev–Trinajstić information content (AvgIpc) is 2.65. The topological polar surface area (TPSA) is 80.0 Å². The predicted octanol–water partition coefficient (Wildman–Crippen LogP) is 1.73. The van der Waals surface area contributed by atoms with Gasteiger partial charge in [0.1, 0.15) is 0 Å². The Labute approximate surface area is 109 Å². The highest BCUT2D eigenvalue weighted by molar-refractivity contribution is 7.18. The maximum Gasteiger partial charge on any atom is 0.239 e. The van der Waals surface area contributed by atoms with Crippen molar-refractivity contribution in [2.75, 3.05) is 24.1 Å². The maximum atomic E-state index is 11.4. The lowest BCUT2D eigenvalue weighted by atomic mass is 10.2.